The molecule has 0 spiro atoms. The largest absolute Gasteiger partial charge is 0.383 e. The maximum absolute atomic E-state index is 12.8. The molecule has 1 aromatic carbocycles. The fourth-order valence-corrected chi connectivity index (χ4v) is 3.28. The van der Waals surface area contributed by atoms with Crippen molar-refractivity contribution < 1.29 is 9.53 Å². The summed E-state index contributed by atoms with van der Waals surface area (Å²) in [4.78, 5) is 18.9. The van der Waals surface area contributed by atoms with Crippen molar-refractivity contribution in [1.29, 1.82) is 10.5 Å². The summed E-state index contributed by atoms with van der Waals surface area (Å²) in [6, 6.07) is 10.5. The van der Waals surface area contributed by atoms with Gasteiger partial charge in [0.05, 0.1) is 19.3 Å². The molecule has 0 aromatic heterocycles. The summed E-state index contributed by atoms with van der Waals surface area (Å²) in [6.07, 6.45) is -0.217. The number of nitrogens with zero attached hydrogens (tertiary/aromatic N) is 4. The van der Waals surface area contributed by atoms with Gasteiger partial charge in [-0.1, -0.05) is 11.6 Å². The van der Waals surface area contributed by atoms with Gasteiger partial charge in [-0.05, 0) is 24.3 Å². The molecular formula is C18H16ClN5O2. The van der Waals surface area contributed by atoms with Gasteiger partial charge in [0.15, 0.2) is 11.2 Å². The minimum Gasteiger partial charge on any atom is -0.383 e. The zero-order chi connectivity index (χ0) is 18.7. The molecule has 1 unspecified atom stereocenters. The Hall–Kier alpha value is -2.87. The molecule has 1 aromatic rings. The minimum absolute atomic E-state index is 0.0144. The molecule has 1 atom stereocenters. The highest BCUT2D eigenvalue weighted by Gasteiger charge is 2.50. The highest BCUT2D eigenvalue weighted by atomic mass is 35.5. The number of ether oxygens (including phenoxy) is 1. The topological polar surface area (TPSA) is 116 Å². The Labute approximate surface area is 155 Å². The van der Waals surface area contributed by atoms with Crippen LogP contribution in [0.1, 0.15) is 16.8 Å². The number of rotatable bonds is 3. The van der Waals surface area contributed by atoms with Crippen molar-refractivity contribution in [3.63, 3.8) is 0 Å². The summed E-state index contributed by atoms with van der Waals surface area (Å²) >= 11 is 5.86. The lowest BCUT2D eigenvalue weighted by Gasteiger charge is -2.35. The molecule has 2 heterocycles. The quantitative estimate of drug-likeness (QED) is 0.813. The van der Waals surface area contributed by atoms with Crippen LogP contribution in [-0.2, 0) is 4.74 Å². The lowest BCUT2D eigenvalue weighted by Crippen LogP contribution is -2.48. The maximum atomic E-state index is 12.8. The molecule has 3 rings (SSSR count). The number of nitriles is 2. The molecule has 0 radical (unpaired) electrons. The molecule has 8 heteroatoms. The number of benzene rings is 1. The number of carbonyl (C=O) groups excluding carboxylic acids is 1. The first-order valence-corrected chi connectivity index (χ1v) is 8.42. The number of ketones is 1. The van der Waals surface area contributed by atoms with Crippen molar-refractivity contribution in [2.24, 2.45) is 16.1 Å². The van der Waals surface area contributed by atoms with Crippen molar-refractivity contribution >= 4 is 23.2 Å². The third-order valence-electron chi connectivity index (χ3n) is 4.50. The average molecular weight is 370 g/mol. The monoisotopic (exact) mass is 369 g/mol. The minimum atomic E-state index is -1.49. The van der Waals surface area contributed by atoms with Crippen molar-refractivity contribution in [2.75, 3.05) is 26.3 Å². The molecule has 2 aliphatic rings. The zero-order valence-corrected chi connectivity index (χ0v) is 14.7. The van der Waals surface area contributed by atoms with Crippen molar-refractivity contribution in [3.8, 4) is 12.1 Å². The molecule has 0 bridgehead atoms. The highest BCUT2D eigenvalue weighted by Crippen LogP contribution is 2.41. The number of nitrogens with two attached hydrogens (primary N) is 1. The zero-order valence-electron chi connectivity index (χ0n) is 13.9. The molecule has 0 aliphatic carbocycles. The first-order chi connectivity index (χ1) is 12.5. The summed E-state index contributed by atoms with van der Waals surface area (Å²) in [6.45, 7) is 1.99. The Morgan fingerprint density at radius 2 is 1.96 bits per heavy atom. The van der Waals surface area contributed by atoms with Crippen LogP contribution in [-0.4, -0.2) is 42.8 Å². The Morgan fingerprint density at radius 1 is 1.31 bits per heavy atom. The first kappa shape index (κ1) is 17.9. The normalized spacial score (nSPS) is 22.6. The maximum Gasteiger partial charge on any atom is 0.165 e. The second-order valence-corrected chi connectivity index (χ2v) is 6.47. The van der Waals surface area contributed by atoms with E-state index >= 15 is 0 Å². The lowest BCUT2D eigenvalue weighted by molar-refractivity contribution is 0.0652. The van der Waals surface area contributed by atoms with E-state index in [1.165, 1.54) is 0 Å². The number of hydrogen-bond acceptors (Lipinski definition) is 7. The SMILES string of the molecule is N#CC1=C(N)N=C(N2CCOCC2)C1(C#N)CC(=O)c1ccc(Cl)cc1. The summed E-state index contributed by atoms with van der Waals surface area (Å²) in [7, 11) is 0. The molecular weight excluding hydrogens is 354 g/mol. The van der Waals surface area contributed by atoms with Crippen LogP contribution in [0.25, 0.3) is 0 Å². The van der Waals surface area contributed by atoms with Crippen LogP contribution in [0, 0.1) is 28.1 Å². The molecule has 2 N–H and O–H groups in total. The number of Topliss-reactive ketones (excluding diaryl/α,β-unsaturated/α-hetero) is 1. The lowest BCUT2D eigenvalue weighted by atomic mass is 9.76. The predicted molar refractivity (Wildman–Crippen MR) is 95.1 cm³/mol. The van der Waals surface area contributed by atoms with E-state index < -0.39 is 5.41 Å². The van der Waals surface area contributed by atoms with Gasteiger partial charge in [-0.15, -0.1) is 0 Å². The van der Waals surface area contributed by atoms with Crippen molar-refractivity contribution in [1.82, 2.24) is 4.90 Å². The van der Waals surface area contributed by atoms with Crippen molar-refractivity contribution in [2.45, 2.75) is 6.42 Å². The van der Waals surface area contributed by atoms with Gasteiger partial charge in [0, 0.05) is 30.1 Å². The van der Waals surface area contributed by atoms with Gasteiger partial charge >= 0.3 is 0 Å². The van der Waals surface area contributed by atoms with E-state index in [2.05, 4.69) is 11.1 Å². The van der Waals surface area contributed by atoms with E-state index in [0.29, 0.717) is 42.7 Å². The summed E-state index contributed by atoms with van der Waals surface area (Å²) in [5.74, 6) is 0.0470. The van der Waals surface area contributed by atoms with Crippen LogP contribution >= 0.6 is 11.6 Å². The van der Waals surface area contributed by atoms with E-state index in [1.807, 2.05) is 11.0 Å². The molecule has 26 heavy (non-hydrogen) atoms. The summed E-state index contributed by atoms with van der Waals surface area (Å²) < 4.78 is 5.33. The number of halogens is 1. The van der Waals surface area contributed by atoms with Gasteiger partial charge in [-0.25, -0.2) is 4.99 Å². The number of carbonyl (C=O) groups is 1. The molecule has 2 aliphatic heterocycles. The molecule has 1 saturated heterocycles. The first-order valence-electron chi connectivity index (χ1n) is 8.04. The molecule has 0 amide bonds. The van der Waals surface area contributed by atoms with Gasteiger partial charge in [0.2, 0.25) is 0 Å². The van der Waals surface area contributed by atoms with Gasteiger partial charge in [0.1, 0.15) is 23.3 Å². The van der Waals surface area contributed by atoms with Crippen LogP contribution in [0.3, 0.4) is 0 Å². The van der Waals surface area contributed by atoms with Crippen molar-refractivity contribution in [3.05, 3.63) is 46.2 Å². The molecule has 132 valence electrons. The van der Waals surface area contributed by atoms with Crippen LogP contribution in [0.5, 0.6) is 0 Å². The van der Waals surface area contributed by atoms with E-state index in [9.17, 15) is 15.3 Å². The van der Waals surface area contributed by atoms with E-state index in [-0.39, 0.29) is 23.6 Å². The number of morpholine rings is 1. The summed E-state index contributed by atoms with van der Waals surface area (Å²) in [5.41, 5.74) is 4.84. The van der Waals surface area contributed by atoms with Gasteiger partial charge < -0.3 is 15.4 Å². The smallest absolute Gasteiger partial charge is 0.165 e. The fourth-order valence-electron chi connectivity index (χ4n) is 3.16. The standard InChI is InChI=1S/C18H16ClN5O2/c19-13-3-1-12(2-4-13)15(25)9-18(11-21)14(10-20)16(22)23-17(18)24-5-7-26-8-6-24/h1-4H,5-9,22H2. The second kappa shape index (κ2) is 7.17. The third-order valence-corrected chi connectivity index (χ3v) is 4.75. The third kappa shape index (κ3) is 3.03. The van der Waals surface area contributed by atoms with E-state index in [0.717, 1.165) is 0 Å². The highest BCUT2D eigenvalue weighted by molar-refractivity contribution is 6.30. The molecule has 1 fully saturated rings. The Kier molecular flexibility index (Phi) is 4.94. The molecule has 0 saturated carbocycles. The van der Waals surface area contributed by atoms with Gasteiger partial charge in [-0.3, -0.25) is 4.79 Å². The average Bonchev–Trinajstić information content (AvgIpc) is 2.94. The number of amidine groups is 1. The Balaban J connectivity index is 1.98. The van der Waals surface area contributed by atoms with Gasteiger partial charge in [-0.2, -0.15) is 10.5 Å². The van der Waals surface area contributed by atoms with Crippen LogP contribution in [0.2, 0.25) is 5.02 Å². The van der Waals surface area contributed by atoms with Gasteiger partial charge in [0.25, 0.3) is 0 Å². The second-order valence-electron chi connectivity index (χ2n) is 6.03. The molecule has 7 nitrogen and oxygen atoms in total. The Bertz CT molecular complexity index is 872. The van der Waals surface area contributed by atoms with Crippen LogP contribution < -0.4 is 5.73 Å². The van der Waals surface area contributed by atoms with E-state index in [1.54, 1.807) is 24.3 Å². The summed E-state index contributed by atoms with van der Waals surface area (Å²) in [5, 5.41) is 20.0. The Morgan fingerprint density at radius 3 is 2.54 bits per heavy atom. The van der Waals surface area contributed by atoms with E-state index in [4.69, 9.17) is 22.1 Å². The van der Waals surface area contributed by atoms with Crippen LogP contribution in [0.15, 0.2) is 40.7 Å². The fraction of sp³-hybridized carbons (Fsp3) is 0.333. The predicted octanol–water partition coefficient (Wildman–Crippen LogP) is 1.86. The number of aliphatic imine (C=N–C) groups is 1. The van der Waals surface area contributed by atoms with Crippen LogP contribution in [0.4, 0.5) is 0 Å². The number of hydrogen-bond donors (Lipinski definition) is 1.